The molecule has 0 aliphatic carbocycles. The van der Waals surface area contributed by atoms with Gasteiger partial charge in [-0.05, 0) is 0 Å². The van der Waals surface area contributed by atoms with Crippen molar-refractivity contribution >= 4 is 7.26 Å². The first-order chi connectivity index (χ1) is 13.7. The molecular formula is C27H59P. The van der Waals surface area contributed by atoms with Crippen LogP contribution in [0.15, 0.2) is 0 Å². The fraction of sp³-hybridized carbons (Fsp3) is 1.00. The minimum atomic E-state index is -0.940. The summed E-state index contributed by atoms with van der Waals surface area (Å²) in [5, 5.41) is 0. The summed E-state index contributed by atoms with van der Waals surface area (Å²) in [5.41, 5.74) is 0. The van der Waals surface area contributed by atoms with Gasteiger partial charge in [0, 0.05) is 0 Å². The normalized spacial score (nSPS) is 12.6. The summed E-state index contributed by atoms with van der Waals surface area (Å²) in [5.74, 6) is 0. The second kappa shape index (κ2) is 22.1. The number of rotatable bonds is 23. The second-order valence-corrected chi connectivity index (χ2v) is 14.8. The van der Waals surface area contributed by atoms with Crippen molar-refractivity contribution in [3.8, 4) is 0 Å². The van der Waals surface area contributed by atoms with Crippen molar-refractivity contribution in [3.63, 3.8) is 0 Å². The first-order valence-electron chi connectivity index (χ1n) is 13.7. The van der Waals surface area contributed by atoms with Gasteiger partial charge in [-0.3, -0.25) is 0 Å². The van der Waals surface area contributed by atoms with Crippen LogP contribution in [0.4, 0.5) is 0 Å². The SMILES string of the molecule is CCCCCCCCCCCCCCCC[PH](CCC)(CCCC)CCCC. The van der Waals surface area contributed by atoms with E-state index in [2.05, 4.69) is 27.7 Å². The molecule has 0 aromatic heterocycles. The Kier molecular flexibility index (Phi) is 22.5. The van der Waals surface area contributed by atoms with Crippen molar-refractivity contribution in [2.45, 2.75) is 150 Å². The topological polar surface area (TPSA) is 0 Å². The predicted molar refractivity (Wildman–Crippen MR) is 138 cm³/mol. The molecule has 0 aliphatic rings. The number of hydrogen-bond acceptors (Lipinski definition) is 0. The zero-order chi connectivity index (χ0) is 20.8. The minimum absolute atomic E-state index is 0.940. The third-order valence-corrected chi connectivity index (χ3v) is 12.8. The van der Waals surface area contributed by atoms with Gasteiger partial charge in [0.2, 0.25) is 0 Å². The Morgan fingerprint density at radius 1 is 0.286 bits per heavy atom. The van der Waals surface area contributed by atoms with Crippen molar-refractivity contribution in [2.75, 3.05) is 24.6 Å². The third-order valence-electron chi connectivity index (χ3n) is 6.96. The molecule has 0 unspecified atom stereocenters. The average Bonchev–Trinajstić information content (AvgIpc) is 2.71. The predicted octanol–water partition coefficient (Wildman–Crippen LogP) is 10.2. The molecular weight excluding hydrogens is 355 g/mol. The van der Waals surface area contributed by atoms with E-state index in [1.54, 1.807) is 31.1 Å². The van der Waals surface area contributed by atoms with Gasteiger partial charge < -0.3 is 0 Å². The molecule has 0 aliphatic heterocycles. The van der Waals surface area contributed by atoms with Gasteiger partial charge >= 0.3 is 155 Å². The molecule has 28 heavy (non-hydrogen) atoms. The Hall–Kier alpha value is 0.430. The van der Waals surface area contributed by atoms with Crippen molar-refractivity contribution in [3.05, 3.63) is 0 Å². The molecule has 0 N–H and O–H groups in total. The summed E-state index contributed by atoms with van der Waals surface area (Å²) < 4.78 is 0. The van der Waals surface area contributed by atoms with E-state index in [4.69, 9.17) is 0 Å². The summed E-state index contributed by atoms with van der Waals surface area (Å²) in [6.07, 6.45) is 34.6. The van der Waals surface area contributed by atoms with Crippen LogP contribution < -0.4 is 0 Å². The average molecular weight is 415 g/mol. The monoisotopic (exact) mass is 414 g/mol. The maximum atomic E-state index is 2.44. The van der Waals surface area contributed by atoms with Crippen LogP contribution in [0, 0.1) is 0 Å². The van der Waals surface area contributed by atoms with Gasteiger partial charge in [-0.2, -0.15) is 0 Å². The Bertz CT molecular complexity index is 278. The Morgan fingerprint density at radius 2 is 0.607 bits per heavy atom. The zero-order valence-corrected chi connectivity index (χ0v) is 21.8. The molecule has 0 heterocycles. The molecule has 0 atom stereocenters. The molecule has 172 valence electrons. The molecule has 0 aromatic rings. The van der Waals surface area contributed by atoms with Gasteiger partial charge in [-0.1, -0.05) is 26.2 Å². The van der Waals surface area contributed by atoms with Crippen LogP contribution in [0.5, 0.6) is 0 Å². The van der Waals surface area contributed by atoms with Crippen LogP contribution in [0.1, 0.15) is 150 Å². The van der Waals surface area contributed by atoms with Crippen LogP contribution in [-0.2, 0) is 0 Å². The summed E-state index contributed by atoms with van der Waals surface area (Å²) >= 11 is 0. The van der Waals surface area contributed by atoms with Crippen molar-refractivity contribution in [2.24, 2.45) is 0 Å². The fourth-order valence-corrected chi connectivity index (χ4v) is 10.8. The molecule has 0 bridgehead atoms. The molecule has 0 saturated heterocycles. The van der Waals surface area contributed by atoms with Gasteiger partial charge in [0.1, 0.15) is 0 Å². The quantitative estimate of drug-likeness (QED) is 0.115. The molecule has 0 nitrogen and oxygen atoms in total. The number of hydrogen-bond donors (Lipinski definition) is 0. The van der Waals surface area contributed by atoms with E-state index in [1.165, 1.54) is 116 Å². The Labute approximate surface area is 181 Å². The van der Waals surface area contributed by atoms with E-state index in [0.717, 1.165) is 0 Å². The molecule has 0 saturated carbocycles. The zero-order valence-electron chi connectivity index (χ0n) is 20.8. The molecule has 0 rings (SSSR count). The van der Waals surface area contributed by atoms with Gasteiger partial charge in [-0.15, -0.1) is 0 Å². The fourth-order valence-electron chi connectivity index (χ4n) is 5.08. The van der Waals surface area contributed by atoms with Crippen LogP contribution in [-0.4, -0.2) is 24.6 Å². The second-order valence-electron chi connectivity index (χ2n) is 9.80. The summed E-state index contributed by atoms with van der Waals surface area (Å²) in [6, 6.07) is 0. The van der Waals surface area contributed by atoms with E-state index >= 15 is 0 Å². The van der Waals surface area contributed by atoms with Crippen molar-refractivity contribution < 1.29 is 0 Å². The van der Waals surface area contributed by atoms with Crippen molar-refractivity contribution in [1.29, 1.82) is 0 Å². The molecule has 0 amide bonds. The molecule has 0 spiro atoms. The van der Waals surface area contributed by atoms with Crippen LogP contribution in [0.2, 0.25) is 0 Å². The van der Waals surface area contributed by atoms with Gasteiger partial charge in [0.15, 0.2) is 0 Å². The molecule has 0 radical (unpaired) electrons. The third kappa shape index (κ3) is 17.3. The van der Waals surface area contributed by atoms with Gasteiger partial charge in [0.25, 0.3) is 0 Å². The summed E-state index contributed by atoms with van der Waals surface area (Å²) in [4.78, 5) is 0. The van der Waals surface area contributed by atoms with Crippen LogP contribution >= 0.6 is 7.26 Å². The van der Waals surface area contributed by atoms with E-state index < -0.39 is 7.26 Å². The van der Waals surface area contributed by atoms with Crippen LogP contribution in [0.3, 0.4) is 0 Å². The van der Waals surface area contributed by atoms with E-state index in [1.807, 2.05) is 0 Å². The number of unbranched alkanes of at least 4 members (excludes halogenated alkanes) is 15. The van der Waals surface area contributed by atoms with E-state index in [0.29, 0.717) is 0 Å². The first kappa shape index (κ1) is 28.4. The van der Waals surface area contributed by atoms with Crippen molar-refractivity contribution in [1.82, 2.24) is 0 Å². The Morgan fingerprint density at radius 3 is 0.964 bits per heavy atom. The maximum absolute atomic E-state index is 2.44. The summed E-state index contributed by atoms with van der Waals surface area (Å²) in [6.45, 7) is 9.52. The molecule has 1 heteroatoms. The Balaban J connectivity index is 3.70. The molecule has 0 aromatic carbocycles. The summed E-state index contributed by atoms with van der Waals surface area (Å²) in [7, 11) is -0.940. The standard InChI is InChI=1S/C27H59P/c1-5-9-12-13-14-15-16-17-18-19-20-21-22-23-27-28(24-8-4,25-10-6-2)26-11-7-3/h28H,5-27H2,1-4H3. The van der Waals surface area contributed by atoms with E-state index in [-0.39, 0.29) is 0 Å². The van der Waals surface area contributed by atoms with Gasteiger partial charge in [0.05, 0.1) is 0 Å². The van der Waals surface area contributed by atoms with Crippen LogP contribution in [0.25, 0.3) is 0 Å². The molecule has 0 fully saturated rings. The first-order valence-corrected chi connectivity index (χ1v) is 16.6. The van der Waals surface area contributed by atoms with Gasteiger partial charge in [-0.25, -0.2) is 0 Å². The van der Waals surface area contributed by atoms with E-state index in [9.17, 15) is 0 Å².